The highest BCUT2D eigenvalue weighted by atomic mass is 16.5. The quantitative estimate of drug-likeness (QED) is 0.822. The van der Waals surface area contributed by atoms with Crippen molar-refractivity contribution >= 4 is 12.0 Å². The Bertz CT molecular complexity index is 682. The largest absolute Gasteiger partial charge is 0.464 e. The van der Waals surface area contributed by atoms with Gasteiger partial charge >= 0.3 is 12.0 Å². The molecular formula is C17H21N3O4. The molecule has 0 saturated heterocycles. The number of carbonyl (C=O) groups excluding carboxylic acids is 2. The summed E-state index contributed by atoms with van der Waals surface area (Å²) in [4.78, 5) is 29.4. The molecule has 2 aromatic rings. The van der Waals surface area contributed by atoms with Gasteiger partial charge in [0.2, 0.25) is 5.89 Å². The number of nitrogens with one attached hydrogen (secondary N) is 1. The molecule has 0 spiro atoms. The van der Waals surface area contributed by atoms with Crippen LogP contribution in [-0.4, -0.2) is 35.0 Å². The second kappa shape index (κ2) is 8.14. The smallest absolute Gasteiger partial charge is 0.360 e. The second-order valence-electron chi connectivity index (χ2n) is 5.48. The van der Waals surface area contributed by atoms with Gasteiger partial charge in [-0.25, -0.2) is 14.6 Å². The van der Waals surface area contributed by atoms with Gasteiger partial charge in [0.15, 0.2) is 5.69 Å². The Morgan fingerprint density at radius 3 is 2.62 bits per heavy atom. The molecule has 0 aliphatic heterocycles. The average molecular weight is 331 g/mol. The van der Waals surface area contributed by atoms with E-state index in [2.05, 4.69) is 15.0 Å². The number of ether oxygens (including phenoxy) is 1. The summed E-state index contributed by atoms with van der Waals surface area (Å²) in [5, 5.41) is 2.87. The molecule has 0 aliphatic carbocycles. The average Bonchev–Trinajstić information content (AvgIpc) is 3.06. The van der Waals surface area contributed by atoms with E-state index in [9.17, 15) is 9.59 Å². The molecule has 0 aliphatic rings. The third kappa shape index (κ3) is 4.58. The van der Waals surface area contributed by atoms with Crippen LogP contribution in [0.5, 0.6) is 0 Å². The number of benzene rings is 1. The zero-order valence-electron chi connectivity index (χ0n) is 14.0. The lowest BCUT2D eigenvalue weighted by atomic mass is 10.2. The van der Waals surface area contributed by atoms with Gasteiger partial charge in [-0.15, -0.1) is 0 Å². The lowest BCUT2D eigenvalue weighted by Crippen LogP contribution is -2.43. The Morgan fingerprint density at radius 1 is 1.29 bits per heavy atom. The zero-order valence-corrected chi connectivity index (χ0v) is 14.0. The van der Waals surface area contributed by atoms with E-state index in [4.69, 9.17) is 4.42 Å². The van der Waals surface area contributed by atoms with E-state index in [-0.39, 0.29) is 30.2 Å². The van der Waals surface area contributed by atoms with Gasteiger partial charge in [0, 0.05) is 12.6 Å². The summed E-state index contributed by atoms with van der Waals surface area (Å²) >= 11 is 0. The molecule has 0 atom stereocenters. The van der Waals surface area contributed by atoms with Crippen LogP contribution in [0.3, 0.4) is 0 Å². The number of carbonyl (C=O) groups is 2. The van der Waals surface area contributed by atoms with E-state index in [0.717, 1.165) is 5.56 Å². The van der Waals surface area contributed by atoms with E-state index < -0.39 is 5.97 Å². The molecule has 1 heterocycles. The first-order valence-electron chi connectivity index (χ1n) is 7.62. The Labute approximate surface area is 140 Å². The van der Waals surface area contributed by atoms with Crippen LogP contribution in [0, 0.1) is 0 Å². The summed E-state index contributed by atoms with van der Waals surface area (Å²) in [5.74, 6) is -0.298. The van der Waals surface area contributed by atoms with Crippen LogP contribution in [-0.2, 0) is 17.8 Å². The number of oxazole rings is 1. The van der Waals surface area contributed by atoms with Crippen LogP contribution in [0.2, 0.25) is 0 Å². The first-order chi connectivity index (χ1) is 11.5. The van der Waals surface area contributed by atoms with Gasteiger partial charge in [0.25, 0.3) is 0 Å². The van der Waals surface area contributed by atoms with Crippen molar-refractivity contribution in [3.63, 3.8) is 0 Å². The maximum atomic E-state index is 12.4. The van der Waals surface area contributed by atoms with Crippen molar-refractivity contribution in [2.75, 3.05) is 7.11 Å². The molecule has 0 fully saturated rings. The standard InChI is InChI=1S/C17H21N3O4/c1-12(2)20(10-15-19-14(11-24-15)16(21)23-3)17(22)18-9-13-7-5-4-6-8-13/h4-8,11-12H,9-10H2,1-3H3,(H,18,22). The minimum Gasteiger partial charge on any atom is -0.464 e. The van der Waals surface area contributed by atoms with Gasteiger partial charge in [-0.05, 0) is 19.4 Å². The molecule has 24 heavy (non-hydrogen) atoms. The summed E-state index contributed by atoms with van der Waals surface area (Å²) in [7, 11) is 1.27. The van der Waals surface area contributed by atoms with Crippen molar-refractivity contribution in [1.29, 1.82) is 0 Å². The molecule has 2 amide bonds. The van der Waals surface area contributed by atoms with Crippen molar-refractivity contribution < 1.29 is 18.7 Å². The number of methoxy groups -OCH3 is 1. The summed E-state index contributed by atoms with van der Waals surface area (Å²) in [6.45, 7) is 4.38. The van der Waals surface area contributed by atoms with Crippen LogP contribution < -0.4 is 5.32 Å². The molecule has 0 radical (unpaired) electrons. The van der Waals surface area contributed by atoms with Gasteiger partial charge in [-0.1, -0.05) is 30.3 Å². The molecule has 0 bridgehead atoms. The van der Waals surface area contributed by atoms with Crippen LogP contribution in [0.1, 0.15) is 35.8 Å². The number of hydrogen-bond acceptors (Lipinski definition) is 5. The van der Waals surface area contributed by atoms with E-state index in [1.54, 1.807) is 4.90 Å². The fraction of sp³-hybridized carbons (Fsp3) is 0.353. The first kappa shape index (κ1) is 17.5. The zero-order chi connectivity index (χ0) is 17.5. The number of rotatable bonds is 6. The van der Waals surface area contributed by atoms with Gasteiger partial charge in [0.05, 0.1) is 13.7 Å². The lowest BCUT2D eigenvalue weighted by Gasteiger charge is -2.25. The SMILES string of the molecule is COC(=O)c1coc(CN(C(=O)NCc2ccccc2)C(C)C)n1. The minimum absolute atomic E-state index is 0.0609. The number of nitrogens with zero attached hydrogens (tertiary/aromatic N) is 2. The molecular weight excluding hydrogens is 310 g/mol. The maximum Gasteiger partial charge on any atom is 0.360 e. The lowest BCUT2D eigenvalue weighted by molar-refractivity contribution is 0.0594. The summed E-state index contributed by atoms with van der Waals surface area (Å²) < 4.78 is 9.83. The normalized spacial score (nSPS) is 10.5. The molecule has 7 heteroatoms. The molecule has 0 unspecified atom stereocenters. The fourth-order valence-corrected chi connectivity index (χ4v) is 2.09. The molecule has 1 N–H and O–H groups in total. The number of esters is 1. The van der Waals surface area contributed by atoms with Gasteiger partial charge < -0.3 is 19.4 Å². The maximum absolute atomic E-state index is 12.4. The Hall–Kier alpha value is -2.83. The van der Waals surface area contributed by atoms with E-state index in [0.29, 0.717) is 6.54 Å². The van der Waals surface area contributed by atoms with Crippen LogP contribution in [0.15, 0.2) is 41.0 Å². The molecule has 1 aromatic carbocycles. The van der Waals surface area contributed by atoms with Crippen LogP contribution >= 0.6 is 0 Å². The first-order valence-corrected chi connectivity index (χ1v) is 7.62. The van der Waals surface area contributed by atoms with Crippen molar-refractivity contribution in [2.45, 2.75) is 33.0 Å². The molecule has 128 valence electrons. The number of amides is 2. The van der Waals surface area contributed by atoms with E-state index in [1.165, 1.54) is 13.4 Å². The van der Waals surface area contributed by atoms with Crippen LogP contribution in [0.4, 0.5) is 4.79 Å². The Kier molecular flexibility index (Phi) is 5.95. The van der Waals surface area contributed by atoms with Crippen LogP contribution in [0.25, 0.3) is 0 Å². The summed E-state index contributed by atoms with van der Waals surface area (Å²) in [6, 6.07) is 9.35. The van der Waals surface area contributed by atoms with Gasteiger partial charge in [-0.2, -0.15) is 0 Å². The van der Waals surface area contributed by atoms with Crippen molar-refractivity contribution in [2.24, 2.45) is 0 Å². The van der Waals surface area contributed by atoms with E-state index in [1.807, 2.05) is 44.2 Å². The Balaban J connectivity index is 1.99. The molecule has 1 aromatic heterocycles. The number of hydrogen-bond donors (Lipinski definition) is 1. The Morgan fingerprint density at radius 2 is 2.00 bits per heavy atom. The summed E-state index contributed by atoms with van der Waals surface area (Å²) in [6.07, 6.45) is 1.22. The van der Waals surface area contributed by atoms with Crippen molar-refractivity contribution in [3.05, 3.63) is 53.7 Å². The monoisotopic (exact) mass is 331 g/mol. The minimum atomic E-state index is -0.574. The number of urea groups is 1. The highest BCUT2D eigenvalue weighted by molar-refractivity contribution is 5.86. The summed E-state index contributed by atoms with van der Waals surface area (Å²) in [5.41, 5.74) is 1.10. The predicted molar refractivity (Wildman–Crippen MR) is 87.2 cm³/mol. The molecule has 0 saturated carbocycles. The predicted octanol–water partition coefficient (Wildman–Crippen LogP) is 2.58. The third-order valence-electron chi connectivity index (χ3n) is 3.42. The van der Waals surface area contributed by atoms with Crippen molar-refractivity contribution in [1.82, 2.24) is 15.2 Å². The molecule has 2 rings (SSSR count). The van der Waals surface area contributed by atoms with Gasteiger partial charge in [-0.3, -0.25) is 0 Å². The third-order valence-corrected chi connectivity index (χ3v) is 3.42. The highest BCUT2D eigenvalue weighted by Gasteiger charge is 2.21. The molecule has 7 nitrogen and oxygen atoms in total. The van der Waals surface area contributed by atoms with Gasteiger partial charge in [0.1, 0.15) is 6.26 Å². The fourth-order valence-electron chi connectivity index (χ4n) is 2.09. The van der Waals surface area contributed by atoms with Crippen molar-refractivity contribution in [3.8, 4) is 0 Å². The topological polar surface area (TPSA) is 84.7 Å². The number of aromatic nitrogens is 1. The second-order valence-corrected chi connectivity index (χ2v) is 5.48. The highest BCUT2D eigenvalue weighted by Crippen LogP contribution is 2.10. The van der Waals surface area contributed by atoms with E-state index >= 15 is 0 Å².